The van der Waals surface area contributed by atoms with Gasteiger partial charge >= 0.3 is 5.65 Å². The van der Waals surface area contributed by atoms with E-state index in [1.807, 2.05) is 54.0 Å². The number of aromatic nitrogens is 4. The van der Waals surface area contributed by atoms with Gasteiger partial charge in [-0.05, 0) is 47.6 Å². The minimum atomic E-state index is 0.708. The molecule has 0 aliphatic carbocycles. The third kappa shape index (κ3) is 1.76. The number of benzene rings is 1. The van der Waals surface area contributed by atoms with Gasteiger partial charge in [-0.25, -0.2) is 0 Å². The molecule has 0 aliphatic heterocycles. The van der Waals surface area contributed by atoms with Crippen LogP contribution in [0.4, 0.5) is 0 Å². The van der Waals surface area contributed by atoms with E-state index in [2.05, 4.69) is 10.3 Å². The molecule has 3 rings (SSSR count). The van der Waals surface area contributed by atoms with E-state index in [4.69, 9.17) is 11.6 Å². The summed E-state index contributed by atoms with van der Waals surface area (Å²) >= 11 is 5.86. The van der Waals surface area contributed by atoms with Crippen molar-refractivity contribution in [1.29, 1.82) is 0 Å². The van der Waals surface area contributed by atoms with E-state index >= 15 is 0 Å². The predicted octanol–water partition coefficient (Wildman–Crippen LogP) is 1.97. The second-order valence-electron chi connectivity index (χ2n) is 3.86. The minimum Gasteiger partial charge on any atom is -0.123 e. The highest BCUT2D eigenvalue weighted by Gasteiger charge is 2.13. The van der Waals surface area contributed by atoms with E-state index in [-0.39, 0.29) is 0 Å². The molecule has 0 aliphatic rings. The van der Waals surface area contributed by atoms with Gasteiger partial charge in [0.15, 0.2) is 5.21 Å². The largest absolute Gasteiger partial charge is 0.329 e. The summed E-state index contributed by atoms with van der Waals surface area (Å²) in [5, 5.41) is 8.93. The van der Waals surface area contributed by atoms with Crippen LogP contribution in [-0.2, 0) is 0 Å². The van der Waals surface area contributed by atoms with Gasteiger partial charge in [-0.3, -0.25) is 0 Å². The van der Waals surface area contributed by atoms with Crippen molar-refractivity contribution in [3.8, 4) is 5.69 Å². The summed E-state index contributed by atoms with van der Waals surface area (Å²) in [5.41, 5.74) is 2.89. The Morgan fingerprint density at radius 1 is 1.12 bits per heavy atom. The highest BCUT2D eigenvalue weighted by atomic mass is 35.5. The van der Waals surface area contributed by atoms with Crippen LogP contribution in [0.1, 0.15) is 5.56 Å². The lowest BCUT2D eigenvalue weighted by Gasteiger charge is -1.97. The summed E-state index contributed by atoms with van der Waals surface area (Å²) in [6, 6.07) is 11.4. The van der Waals surface area contributed by atoms with E-state index < -0.39 is 0 Å². The average Bonchev–Trinajstić information content (AvgIpc) is 2.73. The van der Waals surface area contributed by atoms with Crippen LogP contribution in [0.15, 0.2) is 42.6 Å². The summed E-state index contributed by atoms with van der Waals surface area (Å²) < 4.78 is 1.90. The highest BCUT2D eigenvalue weighted by Crippen LogP contribution is 2.11. The molecular weight excluding hydrogens is 236 g/mol. The predicted molar refractivity (Wildman–Crippen MR) is 64.3 cm³/mol. The number of halogens is 1. The van der Waals surface area contributed by atoms with Crippen LogP contribution >= 0.6 is 11.6 Å². The van der Waals surface area contributed by atoms with Crippen molar-refractivity contribution in [3.05, 3.63) is 53.2 Å². The van der Waals surface area contributed by atoms with E-state index in [0.717, 1.165) is 16.9 Å². The maximum absolute atomic E-state index is 5.86. The van der Waals surface area contributed by atoms with E-state index in [1.54, 1.807) is 4.80 Å². The van der Waals surface area contributed by atoms with Crippen LogP contribution in [0, 0.1) is 6.92 Å². The Morgan fingerprint density at radius 2 is 1.88 bits per heavy atom. The molecule has 2 aromatic heterocycles. The van der Waals surface area contributed by atoms with Crippen molar-refractivity contribution in [2.75, 3.05) is 0 Å². The molecule has 4 nitrogen and oxygen atoms in total. The Morgan fingerprint density at radius 3 is 2.65 bits per heavy atom. The van der Waals surface area contributed by atoms with Crippen LogP contribution in [0.2, 0.25) is 5.02 Å². The summed E-state index contributed by atoms with van der Waals surface area (Å²) in [7, 11) is 0. The lowest BCUT2D eigenvalue weighted by Crippen LogP contribution is -2.32. The van der Waals surface area contributed by atoms with Crippen molar-refractivity contribution < 1.29 is 4.52 Å². The number of tetrazole rings is 1. The molecule has 5 heteroatoms. The fraction of sp³-hybridized carbons (Fsp3) is 0.0833. The van der Waals surface area contributed by atoms with Gasteiger partial charge in [-0.15, -0.1) is 4.52 Å². The number of fused-ring (bicyclic) bond motifs is 1. The maximum atomic E-state index is 5.86. The van der Waals surface area contributed by atoms with Crippen LogP contribution in [0.25, 0.3) is 11.3 Å². The number of aryl methyl sites for hydroxylation is 1. The molecule has 84 valence electrons. The maximum Gasteiger partial charge on any atom is 0.329 e. The molecule has 1 aromatic carbocycles. The van der Waals surface area contributed by atoms with Gasteiger partial charge in [0, 0.05) is 11.1 Å². The van der Waals surface area contributed by atoms with Crippen molar-refractivity contribution in [2.45, 2.75) is 6.92 Å². The molecule has 0 atom stereocenters. The van der Waals surface area contributed by atoms with Gasteiger partial charge in [-0.1, -0.05) is 11.6 Å². The smallest absolute Gasteiger partial charge is 0.123 e. The van der Waals surface area contributed by atoms with E-state index in [1.165, 1.54) is 0 Å². The molecule has 0 radical (unpaired) electrons. The van der Waals surface area contributed by atoms with Gasteiger partial charge in [-0.2, -0.15) is 0 Å². The molecule has 0 amide bonds. The molecule has 0 saturated heterocycles. The fourth-order valence-electron chi connectivity index (χ4n) is 1.70. The first-order chi connectivity index (χ1) is 8.24. The molecule has 0 spiro atoms. The van der Waals surface area contributed by atoms with Gasteiger partial charge in [0.1, 0.15) is 10.8 Å². The summed E-state index contributed by atoms with van der Waals surface area (Å²) in [6.07, 6.45) is 1.99. The number of pyridine rings is 1. The lowest BCUT2D eigenvalue weighted by atomic mass is 10.3. The molecule has 0 unspecified atom stereocenters. The second kappa shape index (κ2) is 3.82. The van der Waals surface area contributed by atoms with E-state index in [0.29, 0.717) is 5.02 Å². The summed E-state index contributed by atoms with van der Waals surface area (Å²) in [6.45, 7) is 2.03. The van der Waals surface area contributed by atoms with Crippen molar-refractivity contribution >= 4 is 17.2 Å². The van der Waals surface area contributed by atoms with Crippen LogP contribution in [-0.4, -0.2) is 15.1 Å². The molecule has 17 heavy (non-hydrogen) atoms. The third-order valence-electron chi connectivity index (χ3n) is 2.55. The topological polar surface area (TPSA) is 34.8 Å². The molecule has 0 fully saturated rings. The third-order valence-corrected chi connectivity index (χ3v) is 2.80. The van der Waals surface area contributed by atoms with Gasteiger partial charge in [0.2, 0.25) is 0 Å². The Labute approximate surface area is 103 Å². The first-order valence-electron chi connectivity index (χ1n) is 5.24. The molecular formula is C12H10ClN4+. The Balaban J connectivity index is 2.23. The van der Waals surface area contributed by atoms with E-state index in [9.17, 15) is 0 Å². The minimum absolute atomic E-state index is 0.708. The average molecular weight is 246 g/mol. The molecule has 0 N–H and O–H groups in total. The molecule has 3 aromatic rings. The second-order valence-corrected chi connectivity index (χ2v) is 4.30. The standard InChI is InChI=1S/C12H10ClN4/c1-9-2-7-12-14-15-17(16(12)8-9)11-5-3-10(13)4-6-11/h2-8H,1H3/q+1. The van der Waals surface area contributed by atoms with Crippen LogP contribution in [0.3, 0.4) is 0 Å². The zero-order valence-corrected chi connectivity index (χ0v) is 9.96. The first kappa shape index (κ1) is 10.2. The number of nitrogens with zero attached hydrogens (tertiary/aromatic N) is 4. The molecule has 0 bridgehead atoms. The highest BCUT2D eigenvalue weighted by molar-refractivity contribution is 6.30. The van der Waals surface area contributed by atoms with Crippen molar-refractivity contribution in [3.63, 3.8) is 0 Å². The quantitative estimate of drug-likeness (QED) is 0.615. The molecule has 2 heterocycles. The molecule has 0 saturated carbocycles. The zero-order chi connectivity index (χ0) is 11.8. The SMILES string of the molecule is Cc1ccc2nnn(-c3ccc(Cl)cc3)[n+]2c1. The van der Waals surface area contributed by atoms with Crippen molar-refractivity contribution in [2.24, 2.45) is 0 Å². The zero-order valence-electron chi connectivity index (χ0n) is 9.21. The van der Waals surface area contributed by atoms with Crippen LogP contribution in [0.5, 0.6) is 0 Å². The van der Waals surface area contributed by atoms with Gasteiger partial charge in [0.25, 0.3) is 0 Å². The number of hydrogen-bond donors (Lipinski definition) is 0. The summed E-state index contributed by atoms with van der Waals surface area (Å²) in [4.78, 5) is 1.73. The Hall–Kier alpha value is -1.94. The lowest BCUT2D eigenvalue weighted by molar-refractivity contribution is -0.604. The van der Waals surface area contributed by atoms with Crippen LogP contribution < -0.4 is 4.52 Å². The van der Waals surface area contributed by atoms with Gasteiger partial charge in [0.05, 0.1) is 6.20 Å². The summed E-state index contributed by atoms with van der Waals surface area (Å²) in [5.74, 6) is 0. The normalized spacial score (nSPS) is 10.9. The van der Waals surface area contributed by atoms with Crippen molar-refractivity contribution in [1.82, 2.24) is 15.1 Å². The number of rotatable bonds is 1. The Kier molecular flexibility index (Phi) is 2.30. The Bertz CT molecular complexity index is 673. The fourth-order valence-corrected chi connectivity index (χ4v) is 1.82. The van der Waals surface area contributed by atoms with Gasteiger partial charge < -0.3 is 0 Å². The monoisotopic (exact) mass is 245 g/mol. The first-order valence-corrected chi connectivity index (χ1v) is 5.62. The number of hydrogen-bond acceptors (Lipinski definition) is 2.